The summed E-state index contributed by atoms with van der Waals surface area (Å²) in [6.45, 7) is 2.08. The van der Waals surface area contributed by atoms with E-state index in [1.54, 1.807) is 6.07 Å². The minimum absolute atomic E-state index is 0.0394. The van der Waals surface area contributed by atoms with Crippen LogP contribution < -0.4 is 5.11 Å². The topological polar surface area (TPSA) is 45.1 Å². The van der Waals surface area contributed by atoms with Crippen molar-refractivity contribution in [2.24, 2.45) is 7.05 Å². The van der Waals surface area contributed by atoms with Gasteiger partial charge in [-0.2, -0.15) is 0 Å². The second-order valence-electron chi connectivity index (χ2n) is 3.48. The third-order valence-electron chi connectivity index (χ3n) is 1.88. The number of aromatic nitrogens is 1. The van der Waals surface area contributed by atoms with Gasteiger partial charge in [-0.25, -0.2) is 0 Å². The number of hydrogen-bond donors (Lipinski definition) is 0. The number of aryl methyl sites for hydroxylation is 2. The highest BCUT2D eigenvalue weighted by atomic mass is 32.1. The summed E-state index contributed by atoms with van der Waals surface area (Å²) in [6, 6.07) is 5.68. The molecule has 2 heterocycles. The van der Waals surface area contributed by atoms with Crippen LogP contribution >= 0.6 is 11.3 Å². The van der Waals surface area contributed by atoms with Crippen molar-refractivity contribution >= 4 is 17.3 Å². The van der Waals surface area contributed by atoms with E-state index in [-0.39, 0.29) is 6.42 Å². The Morgan fingerprint density at radius 1 is 1.50 bits per heavy atom. The Morgan fingerprint density at radius 2 is 2.25 bits per heavy atom. The van der Waals surface area contributed by atoms with Crippen LogP contribution in [0.15, 0.2) is 36.0 Å². The summed E-state index contributed by atoms with van der Waals surface area (Å²) in [5, 5.41) is 11.8. The SMILES string of the molecule is Cc1ccn(C)c1.O=C([O-])Cc1cccs1. The first-order chi connectivity index (χ1) is 7.58. The van der Waals surface area contributed by atoms with Crippen LogP contribution in [0.1, 0.15) is 10.4 Å². The van der Waals surface area contributed by atoms with E-state index < -0.39 is 5.97 Å². The molecule has 0 unspecified atom stereocenters. The molecule has 0 fully saturated rings. The van der Waals surface area contributed by atoms with Crippen molar-refractivity contribution in [1.29, 1.82) is 0 Å². The molecule has 0 saturated heterocycles. The van der Waals surface area contributed by atoms with Crippen LogP contribution in [-0.4, -0.2) is 10.5 Å². The standard InChI is InChI=1S/C6H9N.C6H6O2S/c1-6-3-4-7(2)5-6;7-6(8)4-5-2-1-3-9-5/h3-5H,1-2H3;1-3H,4H2,(H,7,8)/p-1. The van der Waals surface area contributed by atoms with Gasteiger partial charge in [-0.05, 0) is 30.0 Å². The van der Waals surface area contributed by atoms with Crippen LogP contribution in [0.5, 0.6) is 0 Å². The maximum Gasteiger partial charge on any atom is 0.0466 e. The lowest BCUT2D eigenvalue weighted by molar-refractivity contribution is -0.304. The molecule has 0 bridgehead atoms. The maximum atomic E-state index is 9.96. The molecule has 4 heteroatoms. The summed E-state index contributed by atoms with van der Waals surface area (Å²) in [5.74, 6) is -1.02. The fourth-order valence-corrected chi connectivity index (χ4v) is 1.89. The van der Waals surface area contributed by atoms with E-state index in [2.05, 4.69) is 19.2 Å². The fraction of sp³-hybridized carbons (Fsp3) is 0.250. The minimum atomic E-state index is -1.02. The van der Waals surface area contributed by atoms with Crippen LogP contribution in [0.25, 0.3) is 0 Å². The van der Waals surface area contributed by atoms with Gasteiger partial charge in [-0.3, -0.25) is 0 Å². The number of carboxylic acids is 1. The van der Waals surface area contributed by atoms with Gasteiger partial charge in [0.1, 0.15) is 0 Å². The van der Waals surface area contributed by atoms with Gasteiger partial charge < -0.3 is 14.5 Å². The van der Waals surface area contributed by atoms with Crippen LogP contribution in [-0.2, 0) is 18.3 Å². The van der Waals surface area contributed by atoms with Crippen LogP contribution in [0.4, 0.5) is 0 Å². The highest BCUT2D eigenvalue weighted by Gasteiger charge is 1.90. The zero-order valence-corrected chi connectivity index (χ0v) is 10.2. The molecular weight excluding hydrogens is 222 g/mol. The highest BCUT2D eigenvalue weighted by molar-refractivity contribution is 7.10. The van der Waals surface area contributed by atoms with Crippen LogP contribution in [0, 0.1) is 6.92 Å². The normalized spacial score (nSPS) is 9.38. The van der Waals surface area contributed by atoms with E-state index >= 15 is 0 Å². The highest BCUT2D eigenvalue weighted by Crippen LogP contribution is 2.07. The number of nitrogens with zero attached hydrogens (tertiary/aromatic N) is 1. The number of carbonyl (C=O) groups excluding carboxylic acids is 1. The molecule has 0 aliphatic heterocycles. The predicted octanol–water partition coefficient (Wildman–Crippen LogP) is 1.37. The van der Waals surface area contributed by atoms with E-state index in [1.807, 2.05) is 29.3 Å². The molecule has 16 heavy (non-hydrogen) atoms. The molecule has 0 radical (unpaired) electrons. The van der Waals surface area contributed by atoms with Crippen molar-refractivity contribution in [2.45, 2.75) is 13.3 Å². The third kappa shape index (κ3) is 4.79. The molecule has 0 aliphatic carbocycles. The van der Waals surface area contributed by atoms with Gasteiger partial charge in [0.05, 0.1) is 0 Å². The molecule has 0 spiro atoms. The fourth-order valence-electron chi connectivity index (χ4n) is 1.20. The molecule has 0 N–H and O–H groups in total. The van der Waals surface area contributed by atoms with Crippen LogP contribution in [0.3, 0.4) is 0 Å². The van der Waals surface area contributed by atoms with Crippen molar-refractivity contribution < 1.29 is 9.90 Å². The lowest BCUT2D eigenvalue weighted by Crippen LogP contribution is -2.23. The summed E-state index contributed by atoms with van der Waals surface area (Å²) in [7, 11) is 2.02. The average Bonchev–Trinajstić information content (AvgIpc) is 2.78. The van der Waals surface area contributed by atoms with E-state index in [4.69, 9.17) is 0 Å². The largest absolute Gasteiger partial charge is 0.550 e. The third-order valence-corrected chi connectivity index (χ3v) is 2.75. The Hall–Kier alpha value is -1.55. The van der Waals surface area contributed by atoms with E-state index in [0.717, 1.165) is 4.88 Å². The summed E-state index contributed by atoms with van der Waals surface area (Å²) in [5.41, 5.74) is 1.32. The van der Waals surface area contributed by atoms with E-state index in [0.29, 0.717) is 0 Å². The smallest absolute Gasteiger partial charge is 0.0466 e. The Kier molecular flexibility index (Phi) is 4.79. The average molecular weight is 236 g/mol. The molecule has 86 valence electrons. The van der Waals surface area contributed by atoms with Crippen LogP contribution in [0.2, 0.25) is 0 Å². The first-order valence-electron chi connectivity index (χ1n) is 4.88. The number of hydrogen-bond acceptors (Lipinski definition) is 3. The monoisotopic (exact) mass is 236 g/mol. The first-order valence-corrected chi connectivity index (χ1v) is 5.76. The zero-order valence-electron chi connectivity index (χ0n) is 9.34. The summed E-state index contributed by atoms with van der Waals surface area (Å²) < 4.78 is 2.04. The molecule has 0 atom stereocenters. The number of carboxylic acid groups (broad SMARTS) is 1. The molecule has 0 aromatic carbocycles. The Balaban J connectivity index is 0.000000165. The number of rotatable bonds is 2. The van der Waals surface area contributed by atoms with Crippen molar-refractivity contribution in [3.05, 3.63) is 46.4 Å². The van der Waals surface area contributed by atoms with Crippen molar-refractivity contribution in [3.63, 3.8) is 0 Å². The Labute approximate surface area is 99.0 Å². The molecule has 2 aromatic heterocycles. The van der Waals surface area contributed by atoms with Gasteiger partial charge in [0.15, 0.2) is 0 Å². The molecule has 3 nitrogen and oxygen atoms in total. The molecule has 0 aliphatic rings. The molecule has 2 aromatic rings. The summed E-state index contributed by atoms with van der Waals surface area (Å²) in [4.78, 5) is 10.8. The van der Waals surface area contributed by atoms with Gasteiger partial charge >= 0.3 is 0 Å². The first kappa shape index (κ1) is 12.5. The van der Waals surface area contributed by atoms with Gasteiger partial charge in [0.2, 0.25) is 0 Å². The van der Waals surface area contributed by atoms with Gasteiger partial charge in [0, 0.05) is 36.7 Å². The van der Waals surface area contributed by atoms with E-state index in [9.17, 15) is 9.90 Å². The summed E-state index contributed by atoms with van der Waals surface area (Å²) >= 11 is 1.43. The minimum Gasteiger partial charge on any atom is -0.550 e. The van der Waals surface area contributed by atoms with Gasteiger partial charge in [-0.1, -0.05) is 6.07 Å². The Morgan fingerprint density at radius 3 is 2.56 bits per heavy atom. The zero-order chi connectivity index (χ0) is 12.0. The lowest BCUT2D eigenvalue weighted by atomic mass is 10.3. The summed E-state index contributed by atoms with van der Waals surface area (Å²) in [6.07, 6.45) is 4.16. The van der Waals surface area contributed by atoms with Gasteiger partial charge in [-0.15, -0.1) is 11.3 Å². The lowest BCUT2D eigenvalue weighted by Gasteiger charge is -1.95. The van der Waals surface area contributed by atoms with Crippen molar-refractivity contribution in [2.75, 3.05) is 0 Å². The molecule has 0 amide bonds. The molecular formula is C12H14NO2S-. The second-order valence-corrected chi connectivity index (χ2v) is 4.51. The predicted molar refractivity (Wildman–Crippen MR) is 63.2 cm³/mol. The molecule has 2 rings (SSSR count). The second kappa shape index (κ2) is 6.12. The molecule has 0 saturated carbocycles. The maximum absolute atomic E-state index is 9.96. The number of carbonyl (C=O) groups is 1. The van der Waals surface area contributed by atoms with Crippen molar-refractivity contribution in [1.82, 2.24) is 4.57 Å². The van der Waals surface area contributed by atoms with Gasteiger partial charge in [0.25, 0.3) is 0 Å². The quantitative estimate of drug-likeness (QED) is 0.790. The number of thiophene rings is 1. The Bertz CT molecular complexity index is 415. The van der Waals surface area contributed by atoms with E-state index in [1.165, 1.54) is 16.9 Å². The number of aliphatic carboxylic acids is 1. The van der Waals surface area contributed by atoms with Crippen molar-refractivity contribution in [3.8, 4) is 0 Å².